The average Bonchev–Trinajstić information content (AvgIpc) is 2.82. The number of rotatable bonds is 2. The minimum absolute atomic E-state index is 0.0773. The van der Waals surface area contributed by atoms with Gasteiger partial charge in [-0.1, -0.05) is 23.7 Å². The molecule has 1 atom stereocenters. The Labute approximate surface area is 111 Å². The van der Waals surface area contributed by atoms with Crippen LogP contribution in [0.1, 0.15) is 5.56 Å². The topological polar surface area (TPSA) is 48.1 Å². The van der Waals surface area contributed by atoms with Gasteiger partial charge in [0.05, 0.1) is 10.7 Å². The summed E-state index contributed by atoms with van der Waals surface area (Å²) in [6.07, 6.45) is 2.59. The second-order valence-electron chi connectivity index (χ2n) is 4.34. The van der Waals surface area contributed by atoms with Crippen LogP contribution in [-0.4, -0.2) is 17.6 Å². The molecule has 1 aliphatic rings. The SMILES string of the molecule is NC[C@@H]1Cc2cccc(-c3ccc(Cl)cn3)c2O1. The third kappa shape index (κ3) is 1.96. The molecule has 0 fully saturated rings. The summed E-state index contributed by atoms with van der Waals surface area (Å²) in [5.74, 6) is 0.905. The first-order chi connectivity index (χ1) is 8.78. The molecule has 0 bridgehead atoms. The van der Waals surface area contributed by atoms with Crippen LogP contribution < -0.4 is 10.5 Å². The zero-order chi connectivity index (χ0) is 12.5. The predicted octanol–water partition coefficient (Wildman–Crippen LogP) is 2.66. The lowest BCUT2D eigenvalue weighted by atomic mass is 10.0. The van der Waals surface area contributed by atoms with E-state index in [9.17, 15) is 0 Å². The first kappa shape index (κ1) is 11.5. The highest BCUT2D eigenvalue weighted by atomic mass is 35.5. The van der Waals surface area contributed by atoms with Gasteiger partial charge in [-0.3, -0.25) is 4.98 Å². The van der Waals surface area contributed by atoms with Crippen LogP contribution in [-0.2, 0) is 6.42 Å². The molecule has 0 spiro atoms. The fourth-order valence-electron chi connectivity index (χ4n) is 2.21. The highest BCUT2D eigenvalue weighted by molar-refractivity contribution is 6.30. The first-order valence-electron chi connectivity index (χ1n) is 5.88. The van der Waals surface area contributed by atoms with Crippen LogP contribution >= 0.6 is 11.6 Å². The summed E-state index contributed by atoms with van der Waals surface area (Å²) in [5, 5.41) is 0.632. The van der Waals surface area contributed by atoms with Crippen molar-refractivity contribution in [1.29, 1.82) is 0 Å². The second kappa shape index (κ2) is 4.59. The molecule has 0 saturated heterocycles. The van der Waals surface area contributed by atoms with E-state index in [4.69, 9.17) is 22.1 Å². The molecular weight excluding hydrogens is 248 g/mol. The van der Waals surface area contributed by atoms with Crippen LogP contribution in [0.15, 0.2) is 36.5 Å². The number of nitrogens with two attached hydrogens (primary N) is 1. The highest BCUT2D eigenvalue weighted by Crippen LogP contribution is 2.37. The number of fused-ring (bicyclic) bond motifs is 1. The van der Waals surface area contributed by atoms with Crippen molar-refractivity contribution in [2.45, 2.75) is 12.5 Å². The molecule has 2 N–H and O–H groups in total. The van der Waals surface area contributed by atoms with E-state index in [1.807, 2.05) is 24.3 Å². The number of benzene rings is 1. The minimum Gasteiger partial charge on any atom is -0.488 e. The van der Waals surface area contributed by atoms with Gasteiger partial charge < -0.3 is 10.5 Å². The van der Waals surface area contributed by atoms with Gasteiger partial charge in [0, 0.05) is 24.7 Å². The fourth-order valence-corrected chi connectivity index (χ4v) is 2.32. The number of hydrogen-bond donors (Lipinski definition) is 1. The maximum atomic E-state index is 5.87. The van der Waals surface area contributed by atoms with Gasteiger partial charge >= 0.3 is 0 Å². The molecule has 2 heterocycles. The van der Waals surface area contributed by atoms with E-state index in [1.165, 1.54) is 5.56 Å². The molecule has 1 aliphatic heterocycles. The Morgan fingerprint density at radius 2 is 2.22 bits per heavy atom. The number of halogens is 1. The minimum atomic E-state index is 0.0773. The van der Waals surface area contributed by atoms with Gasteiger partial charge in [-0.15, -0.1) is 0 Å². The van der Waals surface area contributed by atoms with Gasteiger partial charge in [-0.2, -0.15) is 0 Å². The van der Waals surface area contributed by atoms with Crippen LogP contribution in [0.3, 0.4) is 0 Å². The molecule has 3 rings (SSSR count). The smallest absolute Gasteiger partial charge is 0.132 e. The molecule has 0 aliphatic carbocycles. The van der Waals surface area contributed by atoms with E-state index in [0.717, 1.165) is 23.4 Å². The molecule has 2 aromatic rings. The first-order valence-corrected chi connectivity index (χ1v) is 6.26. The Kier molecular flexibility index (Phi) is 2.94. The molecule has 92 valence electrons. The predicted molar refractivity (Wildman–Crippen MR) is 71.9 cm³/mol. The molecule has 1 aromatic heterocycles. The summed E-state index contributed by atoms with van der Waals surface area (Å²) in [5.41, 5.74) is 8.73. The lowest BCUT2D eigenvalue weighted by Gasteiger charge is -2.10. The largest absolute Gasteiger partial charge is 0.488 e. The van der Waals surface area contributed by atoms with Gasteiger partial charge in [0.25, 0.3) is 0 Å². The quantitative estimate of drug-likeness (QED) is 0.903. The molecule has 4 heteroatoms. The van der Waals surface area contributed by atoms with E-state index < -0.39 is 0 Å². The Hall–Kier alpha value is -1.58. The third-order valence-electron chi connectivity index (χ3n) is 3.09. The van der Waals surface area contributed by atoms with Crippen molar-refractivity contribution in [1.82, 2.24) is 4.98 Å². The molecule has 0 saturated carbocycles. The van der Waals surface area contributed by atoms with Crippen molar-refractivity contribution in [3.8, 4) is 17.0 Å². The van der Waals surface area contributed by atoms with E-state index in [-0.39, 0.29) is 6.10 Å². The summed E-state index contributed by atoms with van der Waals surface area (Å²) < 4.78 is 5.87. The summed E-state index contributed by atoms with van der Waals surface area (Å²) >= 11 is 5.85. The summed E-state index contributed by atoms with van der Waals surface area (Å²) in [7, 11) is 0. The lowest BCUT2D eigenvalue weighted by Crippen LogP contribution is -2.24. The van der Waals surface area contributed by atoms with Crippen LogP contribution in [0.5, 0.6) is 5.75 Å². The fraction of sp³-hybridized carbons (Fsp3) is 0.214. The van der Waals surface area contributed by atoms with Crippen molar-refractivity contribution < 1.29 is 4.74 Å². The number of hydrogen-bond acceptors (Lipinski definition) is 3. The van der Waals surface area contributed by atoms with Crippen molar-refractivity contribution in [3.63, 3.8) is 0 Å². The normalized spacial score (nSPS) is 17.3. The van der Waals surface area contributed by atoms with Crippen molar-refractivity contribution in [3.05, 3.63) is 47.1 Å². The van der Waals surface area contributed by atoms with Crippen LogP contribution in [0.4, 0.5) is 0 Å². The summed E-state index contributed by atoms with van der Waals surface area (Å²) in [6.45, 7) is 0.530. The number of pyridine rings is 1. The molecular formula is C14H13ClN2O. The number of para-hydroxylation sites is 1. The summed E-state index contributed by atoms with van der Waals surface area (Å²) in [6, 6.07) is 9.83. The molecule has 0 amide bonds. The maximum Gasteiger partial charge on any atom is 0.132 e. The van der Waals surface area contributed by atoms with Gasteiger partial charge in [-0.05, 0) is 23.8 Å². The second-order valence-corrected chi connectivity index (χ2v) is 4.77. The van der Waals surface area contributed by atoms with Crippen molar-refractivity contribution in [2.75, 3.05) is 6.54 Å². The summed E-state index contributed by atoms with van der Waals surface area (Å²) in [4.78, 5) is 4.33. The monoisotopic (exact) mass is 260 g/mol. The third-order valence-corrected chi connectivity index (χ3v) is 3.32. The standard InChI is InChI=1S/C14H13ClN2O/c15-10-4-5-13(17-8-10)12-3-1-2-9-6-11(7-16)18-14(9)12/h1-5,8,11H,6-7,16H2/t11-/m0/s1. The Balaban J connectivity index is 2.05. The molecule has 18 heavy (non-hydrogen) atoms. The van der Waals surface area contributed by atoms with Crippen molar-refractivity contribution in [2.24, 2.45) is 5.73 Å². The Bertz CT molecular complexity index is 569. The van der Waals surface area contributed by atoms with Crippen LogP contribution in [0.25, 0.3) is 11.3 Å². The number of aromatic nitrogens is 1. The van der Waals surface area contributed by atoms with Gasteiger partial charge in [-0.25, -0.2) is 0 Å². The van der Waals surface area contributed by atoms with Crippen LogP contribution in [0.2, 0.25) is 5.02 Å². The van der Waals surface area contributed by atoms with Gasteiger partial charge in [0.2, 0.25) is 0 Å². The van der Waals surface area contributed by atoms with E-state index in [1.54, 1.807) is 6.20 Å². The molecule has 0 radical (unpaired) electrons. The van der Waals surface area contributed by atoms with E-state index in [0.29, 0.717) is 11.6 Å². The van der Waals surface area contributed by atoms with Crippen molar-refractivity contribution >= 4 is 11.6 Å². The molecule has 1 aromatic carbocycles. The number of nitrogens with zero attached hydrogens (tertiary/aromatic N) is 1. The highest BCUT2D eigenvalue weighted by Gasteiger charge is 2.24. The number of ether oxygens (including phenoxy) is 1. The zero-order valence-electron chi connectivity index (χ0n) is 9.77. The van der Waals surface area contributed by atoms with E-state index >= 15 is 0 Å². The molecule has 3 nitrogen and oxygen atoms in total. The Morgan fingerprint density at radius 1 is 1.33 bits per heavy atom. The zero-order valence-corrected chi connectivity index (χ0v) is 10.5. The molecule has 0 unspecified atom stereocenters. The van der Waals surface area contributed by atoms with Crippen LogP contribution in [0, 0.1) is 0 Å². The lowest BCUT2D eigenvalue weighted by molar-refractivity contribution is 0.242. The van der Waals surface area contributed by atoms with Gasteiger partial charge in [0.15, 0.2) is 0 Å². The van der Waals surface area contributed by atoms with E-state index in [2.05, 4.69) is 11.1 Å². The van der Waals surface area contributed by atoms with Gasteiger partial charge in [0.1, 0.15) is 11.9 Å². The maximum absolute atomic E-state index is 5.87. The average molecular weight is 261 g/mol. The Morgan fingerprint density at radius 3 is 2.94 bits per heavy atom.